The van der Waals surface area contributed by atoms with Crippen LogP contribution in [0.2, 0.25) is 0 Å². The van der Waals surface area contributed by atoms with Gasteiger partial charge in [0.05, 0.1) is 11.3 Å². The maximum Gasteiger partial charge on any atom is 0.257 e. The Morgan fingerprint density at radius 2 is 1.76 bits per heavy atom. The molecule has 2 amide bonds. The molecule has 2 aliphatic rings. The first-order valence-corrected chi connectivity index (χ1v) is 11.2. The molecule has 0 aromatic carbocycles. The summed E-state index contributed by atoms with van der Waals surface area (Å²) in [5, 5.41) is 0. The molecule has 1 saturated heterocycles. The lowest BCUT2D eigenvalue weighted by Crippen LogP contribution is -2.52. The fourth-order valence-corrected chi connectivity index (χ4v) is 4.28. The molecule has 0 aliphatic carbocycles. The number of nitrogens with zero attached hydrogens (tertiary/aromatic N) is 7. The first-order valence-electron chi connectivity index (χ1n) is 11.2. The summed E-state index contributed by atoms with van der Waals surface area (Å²) in [6, 6.07) is 9.53. The Morgan fingerprint density at radius 1 is 0.939 bits per heavy atom. The van der Waals surface area contributed by atoms with E-state index in [1.54, 1.807) is 29.7 Å². The molecule has 3 aromatic rings. The van der Waals surface area contributed by atoms with E-state index < -0.39 is 0 Å². The second kappa shape index (κ2) is 9.32. The van der Waals surface area contributed by atoms with Crippen LogP contribution in [0.5, 0.6) is 0 Å². The third-order valence-electron chi connectivity index (χ3n) is 6.10. The highest BCUT2D eigenvalue weighted by Gasteiger charge is 2.29. The molecule has 1 fully saturated rings. The van der Waals surface area contributed by atoms with E-state index in [9.17, 15) is 9.59 Å². The van der Waals surface area contributed by atoms with E-state index in [0.717, 1.165) is 36.6 Å². The van der Waals surface area contributed by atoms with Gasteiger partial charge in [-0.15, -0.1) is 0 Å². The molecular formula is C24H25N7O2. The Morgan fingerprint density at radius 3 is 2.52 bits per heavy atom. The lowest BCUT2D eigenvalue weighted by Gasteiger charge is -2.36. The van der Waals surface area contributed by atoms with Gasteiger partial charge < -0.3 is 14.7 Å². The Labute approximate surface area is 192 Å². The summed E-state index contributed by atoms with van der Waals surface area (Å²) < 4.78 is 0. The molecule has 0 spiro atoms. The SMILES string of the molecule is O=C(CN1CCCc2nc(-c3ccncc3)ncc2C1=O)N1CCN(c2ccccn2)CC1. The largest absolute Gasteiger partial charge is 0.353 e. The maximum absolute atomic E-state index is 13.2. The summed E-state index contributed by atoms with van der Waals surface area (Å²) in [6.45, 7) is 3.29. The monoisotopic (exact) mass is 443 g/mol. The predicted molar refractivity (Wildman–Crippen MR) is 123 cm³/mol. The summed E-state index contributed by atoms with van der Waals surface area (Å²) >= 11 is 0. The minimum Gasteiger partial charge on any atom is -0.353 e. The number of fused-ring (bicyclic) bond motifs is 1. The number of aromatic nitrogens is 4. The summed E-state index contributed by atoms with van der Waals surface area (Å²) in [7, 11) is 0. The molecule has 168 valence electrons. The highest BCUT2D eigenvalue weighted by Crippen LogP contribution is 2.21. The Hall–Kier alpha value is -3.88. The zero-order valence-corrected chi connectivity index (χ0v) is 18.3. The van der Waals surface area contributed by atoms with Crippen LogP contribution in [0.15, 0.2) is 55.1 Å². The molecular weight excluding hydrogens is 418 g/mol. The zero-order valence-electron chi connectivity index (χ0n) is 18.3. The number of rotatable bonds is 4. The van der Waals surface area contributed by atoms with Crippen molar-refractivity contribution < 1.29 is 9.59 Å². The van der Waals surface area contributed by atoms with Crippen molar-refractivity contribution in [1.82, 2.24) is 29.7 Å². The van der Waals surface area contributed by atoms with Gasteiger partial charge in [0.25, 0.3) is 5.91 Å². The van der Waals surface area contributed by atoms with Gasteiger partial charge in [0.15, 0.2) is 5.82 Å². The molecule has 5 heterocycles. The molecule has 0 bridgehead atoms. The number of aryl methyl sites for hydroxylation is 1. The fourth-order valence-electron chi connectivity index (χ4n) is 4.28. The van der Waals surface area contributed by atoms with Crippen LogP contribution in [0.4, 0.5) is 5.82 Å². The van der Waals surface area contributed by atoms with Gasteiger partial charge >= 0.3 is 0 Å². The maximum atomic E-state index is 13.2. The standard InChI is InChI=1S/C24H25N7O2/c32-22(30-14-12-29(13-15-30)21-5-1-2-8-26-21)17-31-11-3-4-20-19(24(31)33)16-27-23(28-20)18-6-9-25-10-7-18/h1-2,5-10,16H,3-4,11-15,17H2. The Balaban J connectivity index is 1.24. The van der Waals surface area contributed by atoms with E-state index in [0.29, 0.717) is 37.4 Å². The van der Waals surface area contributed by atoms with Crippen molar-refractivity contribution in [2.24, 2.45) is 0 Å². The molecule has 2 aliphatic heterocycles. The number of amides is 2. The average Bonchev–Trinajstić information content (AvgIpc) is 3.03. The minimum absolute atomic E-state index is 0.0261. The first-order chi connectivity index (χ1) is 16.2. The van der Waals surface area contributed by atoms with Gasteiger partial charge in [-0.1, -0.05) is 6.07 Å². The number of hydrogen-bond donors (Lipinski definition) is 0. The third-order valence-corrected chi connectivity index (χ3v) is 6.10. The summed E-state index contributed by atoms with van der Waals surface area (Å²) in [5.41, 5.74) is 2.08. The summed E-state index contributed by atoms with van der Waals surface area (Å²) in [4.78, 5) is 49.3. The topological polar surface area (TPSA) is 95.4 Å². The van der Waals surface area contributed by atoms with Crippen molar-refractivity contribution in [2.75, 3.05) is 44.2 Å². The normalized spacial score (nSPS) is 16.4. The molecule has 3 aromatic heterocycles. The van der Waals surface area contributed by atoms with Gasteiger partial charge in [0.1, 0.15) is 12.4 Å². The second-order valence-electron chi connectivity index (χ2n) is 8.18. The molecule has 5 rings (SSSR count). The van der Waals surface area contributed by atoms with Crippen LogP contribution in [0.3, 0.4) is 0 Å². The lowest BCUT2D eigenvalue weighted by atomic mass is 10.1. The van der Waals surface area contributed by atoms with Gasteiger partial charge in [0, 0.05) is 63.1 Å². The average molecular weight is 444 g/mol. The van der Waals surface area contributed by atoms with Gasteiger partial charge in [-0.3, -0.25) is 14.6 Å². The van der Waals surface area contributed by atoms with Gasteiger partial charge in [-0.2, -0.15) is 0 Å². The molecule has 0 saturated carbocycles. The van der Waals surface area contributed by atoms with Crippen molar-refractivity contribution >= 4 is 17.6 Å². The van der Waals surface area contributed by atoms with Crippen molar-refractivity contribution in [3.8, 4) is 11.4 Å². The Bertz CT molecular complexity index is 1130. The number of hydrogen-bond acceptors (Lipinski definition) is 7. The van der Waals surface area contributed by atoms with Gasteiger partial charge in [-0.05, 0) is 37.1 Å². The molecule has 9 nitrogen and oxygen atoms in total. The number of carbonyl (C=O) groups excluding carboxylic acids is 2. The van der Waals surface area contributed by atoms with Gasteiger partial charge in [0.2, 0.25) is 5.91 Å². The van der Waals surface area contributed by atoms with E-state index in [-0.39, 0.29) is 18.4 Å². The minimum atomic E-state index is -0.177. The molecule has 0 radical (unpaired) electrons. The first kappa shape index (κ1) is 21.0. The van der Waals surface area contributed by atoms with E-state index in [1.165, 1.54) is 0 Å². The quantitative estimate of drug-likeness (QED) is 0.605. The van der Waals surface area contributed by atoms with Crippen LogP contribution < -0.4 is 4.90 Å². The number of pyridine rings is 2. The van der Waals surface area contributed by atoms with E-state index >= 15 is 0 Å². The van der Waals surface area contributed by atoms with Crippen molar-refractivity contribution in [1.29, 1.82) is 0 Å². The molecule has 9 heteroatoms. The molecule has 0 N–H and O–H groups in total. The number of carbonyl (C=O) groups is 2. The smallest absolute Gasteiger partial charge is 0.257 e. The highest BCUT2D eigenvalue weighted by atomic mass is 16.2. The van der Waals surface area contributed by atoms with Crippen LogP contribution in [-0.4, -0.2) is 80.8 Å². The predicted octanol–water partition coefficient (Wildman–Crippen LogP) is 1.67. The van der Waals surface area contributed by atoms with Crippen LogP contribution >= 0.6 is 0 Å². The van der Waals surface area contributed by atoms with Crippen molar-refractivity contribution in [3.63, 3.8) is 0 Å². The van der Waals surface area contributed by atoms with E-state index in [2.05, 4.69) is 24.8 Å². The fraction of sp³-hybridized carbons (Fsp3) is 0.333. The van der Waals surface area contributed by atoms with E-state index in [4.69, 9.17) is 0 Å². The highest BCUT2D eigenvalue weighted by molar-refractivity contribution is 5.97. The van der Waals surface area contributed by atoms with E-state index in [1.807, 2.05) is 35.2 Å². The summed E-state index contributed by atoms with van der Waals surface area (Å²) in [5.74, 6) is 1.31. The van der Waals surface area contributed by atoms with Crippen LogP contribution in [0, 0.1) is 0 Å². The number of piperazine rings is 1. The van der Waals surface area contributed by atoms with Crippen LogP contribution in [0.25, 0.3) is 11.4 Å². The second-order valence-corrected chi connectivity index (χ2v) is 8.18. The summed E-state index contributed by atoms with van der Waals surface area (Å²) in [6.07, 6.45) is 8.19. The lowest BCUT2D eigenvalue weighted by molar-refractivity contribution is -0.132. The zero-order chi connectivity index (χ0) is 22.6. The van der Waals surface area contributed by atoms with Gasteiger partial charge in [-0.25, -0.2) is 15.0 Å². The Kier molecular flexibility index (Phi) is 5.93. The molecule has 0 unspecified atom stereocenters. The van der Waals surface area contributed by atoms with Crippen LogP contribution in [-0.2, 0) is 11.2 Å². The molecule has 0 atom stereocenters. The van der Waals surface area contributed by atoms with Crippen molar-refractivity contribution in [3.05, 3.63) is 66.4 Å². The third kappa shape index (κ3) is 4.52. The molecule has 33 heavy (non-hydrogen) atoms. The van der Waals surface area contributed by atoms with Crippen LogP contribution in [0.1, 0.15) is 22.5 Å². The number of anilines is 1. The van der Waals surface area contributed by atoms with Crippen molar-refractivity contribution in [2.45, 2.75) is 12.8 Å².